The van der Waals surface area contributed by atoms with Gasteiger partial charge in [-0.15, -0.1) is 0 Å². The van der Waals surface area contributed by atoms with Crippen molar-refractivity contribution in [1.29, 1.82) is 0 Å². The standard InChI is InChI=1S/C21H26INO3/c1-15-5-7-17(8-6-15)14-25-19-10-9-16(13-18(19)22)11-12-23-20(24)26-21(2,3)4/h5-10,13H,11-12,14H2,1-4H3,(H,23,24). The van der Waals surface area contributed by atoms with E-state index in [1.807, 2.05) is 32.9 Å². The van der Waals surface area contributed by atoms with Gasteiger partial charge >= 0.3 is 6.09 Å². The van der Waals surface area contributed by atoms with Crippen LogP contribution in [0.25, 0.3) is 0 Å². The molecule has 0 aliphatic carbocycles. The highest BCUT2D eigenvalue weighted by atomic mass is 127. The first-order chi connectivity index (χ1) is 12.2. The number of halogens is 1. The van der Waals surface area contributed by atoms with Gasteiger partial charge in [0, 0.05) is 6.54 Å². The van der Waals surface area contributed by atoms with Gasteiger partial charge in [0.15, 0.2) is 0 Å². The largest absolute Gasteiger partial charge is 0.488 e. The Bertz CT molecular complexity index is 736. The van der Waals surface area contributed by atoms with Crippen LogP contribution in [0.5, 0.6) is 5.75 Å². The fraction of sp³-hybridized carbons (Fsp3) is 0.381. The zero-order valence-corrected chi connectivity index (χ0v) is 17.9. The molecule has 0 heterocycles. The highest BCUT2D eigenvalue weighted by Gasteiger charge is 2.15. The van der Waals surface area contributed by atoms with Crippen molar-refractivity contribution in [3.63, 3.8) is 0 Å². The van der Waals surface area contributed by atoms with Crippen LogP contribution in [-0.4, -0.2) is 18.2 Å². The molecule has 0 fully saturated rings. The SMILES string of the molecule is Cc1ccc(COc2ccc(CCNC(=O)OC(C)(C)C)cc2I)cc1. The van der Waals surface area contributed by atoms with Crippen LogP contribution in [0.4, 0.5) is 4.79 Å². The molecular formula is C21H26INO3. The van der Waals surface area contributed by atoms with Gasteiger partial charge in [-0.05, 0) is 80.0 Å². The minimum atomic E-state index is -0.476. The Hall–Kier alpha value is -1.76. The Balaban J connectivity index is 1.82. The van der Waals surface area contributed by atoms with E-state index in [0.29, 0.717) is 13.2 Å². The van der Waals surface area contributed by atoms with E-state index < -0.39 is 5.60 Å². The van der Waals surface area contributed by atoms with Gasteiger partial charge in [0.25, 0.3) is 0 Å². The third kappa shape index (κ3) is 7.23. The van der Waals surface area contributed by atoms with Gasteiger partial charge in [-0.3, -0.25) is 0 Å². The van der Waals surface area contributed by atoms with E-state index >= 15 is 0 Å². The summed E-state index contributed by atoms with van der Waals surface area (Å²) in [5.74, 6) is 0.870. The molecule has 140 valence electrons. The van der Waals surface area contributed by atoms with Crippen LogP contribution in [0.3, 0.4) is 0 Å². The first-order valence-electron chi connectivity index (χ1n) is 8.66. The molecule has 1 amide bonds. The maximum Gasteiger partial charge on any atom is 0.407 e. The van der Waals surface area contributed by atoms with Crippen molar-refractivity contribution >= 4 is 28.7 Å². The van der Waals surface area contributed by atoms with Crippen LogP contribution >= 0.6 is 22.6 Å². The van der Waals surface area contributed by atoms with Gasteiger partial charge in [-0.2, -0.15) is 0 Å². The number of nitrogens with one attached hydrogen (secondary N) is 1. The fourth-order valence-electron chi connectivity index (χ4n) is 2.29. The summed E-state index contributed by atoms with van der Waals surface area (Å²) in [4.78, 5) is 11.7. The summed E-state index contributed by atoms with van der Waals surface area (Å²) in [5.41, 5.74) is 3.06. The molecule has 0 unspecified atom stereocenters. The van der Waals surface area contributed by atoms with Gasteiger partial charge < -0.3 is 14.8 Å². The smallest absolute Gasteiger partial charge is 0.407 e. The Labute approximate surface area is 169 Å². The number of aryl methyl sites for hydroxylation is 1. The van der Waals surface area contributed by atoms with Crippen molar-refractivity contribution in [1.82, 2.24) is 5.32 Å². The lowest BCUT2D eigenvalue weighted by Gasteiger charge is -2.19. The van der Waals surface area contributed by atoms with E-state index in [-0.39, 0.29) is 6.09 Å². The molecule has 0 radical (unpaired) electrons. The number of hydrogen-bond donors (Lipinski definition) is 1. The lowest BCUT2D eigenvalue weighted by atomic mass is 10.1. The van der Waals surface area contributed by atoms with Gasteiger partial charge in [0.1, 0.15) is 18.0 Å². The van der Waals surface area contributed by atoms with Gasteiger partial charge in [0.2, 0.25) is 0 Å². The summed E-state index contributed by atoms with van der Waals surface area (Å²) < 4.78 is 12.2. The normalized spacial score (nSPS) is 11.1. The Morgan fingerprint density at radius 1 is 1.08 bits per heavy atom. The Morgan fingerprint density at radius 2 is 1.73 bits per heavy atom. The average molecular weight is 467 g/mol. The summed E-state index contributed by atoms with van der Waals surface area (Å²) in [6.07, 6.45) is 0.360. The second-order valence-corrected chi connectivity index (χ2v) is 8.38. The third-order valence-electron chi connectivity index (χ3n) is 3.59. The molecule has 0 atom stereocenters. The van der Waals surface area contributed by atoms with E-state index in [2.05, 4.69) is 65.2 Å². The third-order valence-corrected chi connectivity index (χ3v) is 4.44. The number of amides is 1. The van der Waals surface area contributed by atoms with Crippen LogP contribution < -0.4 is 10.1 Å². The number of carbonyl (C=O) groups is 1. The molecule has 0 aliphatic heterocycles. The minimum Gasteiger partial charge on any atom is -0.488 e. The predicted molar refractivity (Wildman–Crippen MR) is 113 cm³/mol. The molecule has 26 heavy (non-hydrogen) atoms. The summed E-state index contributed by atoms with van der Waals surface area (Å²) in [5, 5.41) is 2.78. The number of ether oxygens (including phenoxy) is 2. The van der Waals surface area contributed by atoms with Gasteiger partial charge in [0.05, 0.1) is 3.57 Å². The molecule has 5 heteroatoms. The number of hydrogen-bond acceptors (Lipinski definition) is 3. The van der Waals surface area contributed by atoms with E-state index in [9.17, 15) is 4.79 Å². The minimum absolute atomic E-state index is 0.384. The maximum absolute atomic E-state index is 11.7. The van der Waals surface area contributed by atoms with E-state index in [4.69, 9.17) is 9.47 Å². The molecule has 0 aromatic heterocycles. The zero-order valence-electron chi connectivity index (χ0n) is 15.8. The van der Waals surface area contributed by atoms with E-state index in [1.165, 1.54) is 5.56 Å². The summed E-state index contributed by atoms with van der Waals surface area (Å²) in [7, 11) is 0. The molecule has 0 saturated heterocycles. The molecule has 2 rings (SSSR count). The molecule has 0 spiro atoms. The molecule has 0 bridgehead atoms. The van der Waals surface area contributed by atoms with E-state index in [1.54, 1.807) is 0 Å². The van der Waals surface area contributed by atoms with Crippen LogP contribution in [-0.2, 0) is 17.8 Å². The molecule has 1 N–H and O–H groups in total. The zero-order chi connectivity index (χ0) is 19.2. The molecular weight excluding hydrogens is 441 g/mol. The number of alkyl carbamates (subject to hydrolysis) is 1. The van der Waals surface area contributed by atoms with Crippen LogP contribution in [0.2, 0.25) is 0 Å². The second-order valence-electron chi connectivity index (χ2n) is 7.22. The van der Waals surface area contributed by atoms with Crippen LogP contribution in [0.15, 0.2) is 42.5 Å². The summed E-state index contributed by atoms with van der Waals surface area (Å²) in [6.45, 7) is 8.72. The highest BCUT2D eigenvalue weighted by Crippen LogP contribution is 2.23. The first kappa shape index (κ1) is 20.6. The highest BCUT2D eigenvalue weighted by molar-refractivity contribution is 14.1. The van der Waals surface area contributed by atoms with Gasteiger partial charge in [-0.1, -0.05) is 35.9 Å². The molecule has 4 nitrogen and oxygen atoms in total. The Kier molecular flexibility index (Phi) is 7.32. The predicted octanol–water partition coefficient (Wildman–Crippen LogP) is 5.25. The number of rotatable bonds is 6. The summed E-state index contributed by atoms with van der Waals surface area (Å²) in [6, 6.07) is 14.4. The van der Waals surface area contributed by atoms with E-state index in [0.717, 1.165) is 26.9 Å². The van der Waals surface area contributed by atoms with Crippen molar-refractivity contribution in [2.75, 3.05) is 6.54 Å². The van der Waals surface area contributed by atoms with Gasteiger partial charge in [-0.25, -0.2) is 4.79 Å². The Morgan fingerprint density at radius 3 is 2.35 bits per heavy atom. The molecule has 0 saturated carbocycles. The lowest BCUT2D eigenvalue weighted by Crippen LogP contribution is -2.33. The maximum atomic E-state index is 11.7. The topological polar surface area (TPSA) is 47.6 Å². The monoisotopic (exact) mass is 467 g/mol. The summed E-state index contributed by atoms with van der Waals surface area (Å²) >= 11 is 2.28. The van der Waals surface area contributed by atoms with Crippen molar-refractivity contribution in [2.24, 2.45) is 0 Å². The van der Waals surface area contributed by atoms with Crippen molar-refractivity contribution in [2.45, 2.75) is 46.3 Å². The molecule has 2 aromatic carbocycles. The van der Waals surface area contributed by atoms with Crippen molar-refractivity contribution < 1.29 is 14.3 Å². The van der Waals surface area contributed by atoms with Crippen molar-refractivity contribution in [3.05, 3.63) is 62.7 Å². The van der Waals surface area contributed by atoms with Crippen LogP contribution in [0.1, 0.15) is 37.5 Å². The van der Waals surface area contributed by atoms with Crippen LogP contribution in [0, 0.1) is 10.5 Å². The number of carbonyl (C=O) groups excluding carboxylic acids is 1. The molecule has 0 aliphatic rings. The second kappa shape index (κ2) is 9.26. The lowest BCUT2D eigenvalue weighted by molar-refractivity contribution is 0.0528. The van der Waals surface area contributed by atoms with Crippen molar-refractivity contribution in [3.8, 4) is 5.75 Å². The quantitative estimate of drug-likeness (QED) is 0.591. The fourth-order valence-corrected chi connectivity index (χ4v) is 3.02. The number of benzene rings is 2. The molecule has 2 aromatic rings. The first-order valence-corrected chi connectivity index (χ1v) is 9.74. The average Bonchev–Trinajstić information content (AvgIpc) is 2.54.